The van der Waals surface area contributed by atoms with Crippen LogP contribution in [0.5, 0.6) is 0 Å². The molecule has 2 aromatic rings. The molecule has 8 nitrogen and oxygen atoms in total. The Balaban J connectivity index is 2.12. The van der Waals surface area contributed by atoms with Crippen molar-refractivity contribution in [1.82, 2.24) is 14.3 Å². The number of nitrogens with zero attached hydrogens (tertiary/aromatic N) is 1. The molecule has 0 fully saturated rings. The fraction of sp³-hybridized carbons (Fsp3) is 0.350. The van der Waals surface area contributed by atoms with Gasteiger partial charge in [0.1, 0.15) is 0 Å². The van der Waals surface area contributed by atoms with Crippen molar-refractivity contribution >= 4 is 26.0 Å². The first-order valence-electron chi connectivity index (χ1n) is 9.51. The van der Waals surface area contributed by atoms with E-state index in [-0.39, 0.29) is 21.7 Å². The van der Waals surface area contributed by atoms with Crippen molar-refractivity contribution in [3.05, 3.63) is 59.7 Å². The molecule has 0 aliphatic rings. The second-order valence-electron chi connectivity index (χ2n) is 6.59. The zero-order valence-electron chi connectivity index (χ0n) is 17.4. The summed E-state index contributed by atoms with van der Waals surface area (Å²) in [7, 11) is -5.79. The predicted octanol–water partition coefficient (Wildman–Crippen LogP) is 2.12. The van der Waals surface area contributed by atoms with Crippen molar-refractivity contribution in [2.24, 2.45) is 0 Å². The van der Waals surface area contributed by atoms with Gasteiger partial charge in [0.05, 0.1) is 15.8 Å². The zero-order valence-corrected chi connectivity index (χ0v) is 19.0. The Kier molecular flexibility index (Phi) is 7.75. The van der Waals surface area contributed by atoms with Gasteiger partial charge in [-0.2, -0.15) is 4.31 Å². The predicted molar refractivity (Wildman–Crippen MR) is 115 cm³/mol. The van der Waals surface area contributed by atoms with E-state index in [9.17, 15) is 21.6 Å². The Hall–Kier alpha value is -2.27. The Morgan fingerprint density at radius 2 is 1.40 bits per heavy atom. The minimum Gasteiger partial charge on any atom is -0.346 e. The summed E-state index contributed by atoms with van der Waals surface area (Å²) in [5.74, 6) is -0.365. The molecule has 0 radical (unpaired) electrons. The van der Waals surface area contributed by atoms with Crippen LogP contribution < -0.4 is 10.0 Å². The molecule has 10 heteroatoms. The number of carbonyl (C=O) groups is 1. The van der Waals surface area contributed by atoms with Crippen molar-refractivity contribution in [1.29, 1.82) is 0 Å². The van der Waals surface area contributed by atoms with Crippen LogP contribution in [0.4, 0.5) is 0 Å². The fourth-order valence-corrected chi connectivity index (χ4v) is 5.10. The average molecular weight is 454 g/mol. The Morgan fingerprint density at radius 1 is 0.900 bits per heavy atom. The first kappa shape index (κ1) is 24.0. The van der Waals surface area contributed by atoms with Gasteiger partial charge in [0.25, 0.3) is 5.91 Å². The van der Waals surface area contributed by atoms with Crippen LogP contribution in [0.1, 0.15) is 42.7 Å². The normalized spacial score (nSPS) is 13.2. The minimum atomic E-state index is -3.57. The van der Waals surface area contributed by atoms with Gasteiger partial charge in [-0.15, -0.1) is 0 Å². The number of hydrogen-bond donors (Lipinski definition) is 2. The lowest BCUT2D eigenvalue weighted by atomic mass is 10.1. The van der Waals surface area contributed by atoms with Crippen LogP contribution in [0.25, 0.3) is 0 Å². The number of benzene rings is 2. The third-order valence-electron chi connectivity index (χ3n) is 4.77. The lowest BCUT2D eigenvalue weighted by molar-refractivity contribution is 0.0939. The average Bonchev–Trinajstić information content (AvgIpc) is 2.74. The van der Waals surface area contributed by atoms with Crippen LogP contribution in [0, 0.1) is 0 Å². The molecule has 0 aliphatic heterocycles. The number of hydrogen-bond acceptors (Lipinski definition) is 5. The molecule has 1 atom stereocenters. The Labute approximate surface area is 178 Å². The summed E-state index contributed by atoms with van der Waals surface area (Å²) in [5.41, 5.74) is 1.06. The highest BCUT2D eigenvalue weighted by Gasteiger charge is 2.22. The molecule has 2 N–H and O–H groups in total. The van der Waals surface area contributed by atoms with E-state index in [2.05, 4.69) is 10.0 Å². The summed E-state index contributed by atoms with van der Waals surface area (Å²) in [6.45, 7) is 6.13. The smallest absolute Gasteiger partial charge is 0.251 e. The van der Waals surface area contributed by atoms with Crippen LogP contribution in [0.2, 0.25) is 0 Å². The van der Waals surface area contributed by atoms with E-state index < -0.39 is 20.0 Å². The topological polar surface area (TPSA) is 113 Å². The van der Waals surface area contributed by atoms with E-state index in [0.717, 1.165) is 5.56 Å². The maximum Gasteiger partial charge on any atom is 0.251 e. The quantitative estimate of drug-likeness (QED) is 0.604. The molecular formula is C20H27N3O5S2. The van der Waals surface area contributed by atoms with Gasteiger partial charge in [-0.05, 0) is 55.9 Å². The second kappa shape index (κ2) is 9.69. The lowest BCUT2D eigenvalue weighted by Gasteiger charge is -2.19. The van der Waals surface area contributed by atoms with Crippen molar-refractivity contribution in [3.63, 3.8) is 0 Å². The summed E-state index contributed by atoms with van der Waals surface area (Å²) in [5, 5.41) is 2.82. The van der Waals surface area contributed by atoms with Gasteiger partial charge in [-0.3, -0.25) is 4.79 Å². The number of carbonyl (C=O) groups excluding carboxylic acids is 1. The highest BCUT2D eigenvalue weighted by Crippen LogP contribution is 2.20. The fourth-order valence-electron chi connectivity index (χ4n) is 2.91. The monoisotopic (exact) mass is 453 g/mol. The van der Waals surface area contributed by atoms with Crippen molar-refractivity contribution in [2.45, 2.75) is 36.6 Å². The molecule has 0 bridgehead atoms. The molecule has 2 aromatic carbocycles. The molecule has 0 spiro atoms. The van der Waals surface area contributed by atoms with Gasteiger partial charge >= 0.3 is 0 Å². The van der Waals surface area contributed by atoms with Gasteiger partial charge in [-0.25, -0.2) is 21.6 Å². The van der Waals surface area contributed by atoms with Crippen LogP contribution >= 0.6 is 0 Å². The summed E-state index contributed by atoms with van der Waals surface area (Å²) in [6, 6.07) is 11.6. The molecular weight excluding hydrogens is 426 g/mol. The van der Waals surface area contributed by atoms with Gasteiger partial charge in [0, 0.05) is 18.7 Å². The maximum absolute atomic E-state index is 12.6. The molecule has 2 rings (SSSR count). The van der Waals surface area contributed by atoms with Gasteiger partial charge in [0.2, 0.25) is 20.0 Å². The Morgan fingerprint density at radius 3 is 1.87 bits per heavy atom. The number of rotatable bonds is 9. The highest BCUT2D eigenvalue weighted by atomic mass is 32.2. The number of amides is 1. The summed E-state index contributed by atoms with van der Waals surface area (Å²) < 4.78 is 52.3. The van der Waals surface area contributed by atoms with Crippen LogP contribution in [-0.4, -0.2) is 47.2 Å². The molecule has 0 aromatic heterocycles. The van der Waals surface area contributed by atoms with E-state index in [0.29, 0.717) is 18.7 Å². The third-order valence-corrected chi connectivity index (χ3v) is 8.26. The van der Waals surface area contributed by atoms with Crippen LogP contribution in [0.15, 0.2) is 58.3 Å². The second-order valence-corrected chi connectivity index (χ2v) is 10.4. The minimum absolute atomic E-state index is 0.0691. The van der Waals surface area contributed by atoms with E-state index in [1.165, 1.54) is 47.8 Å². The molecule has 164 valence electrons. The molecule has 0 saturated carbocycles. The Bertz CT molecular complexity index is 1080. The molecule has 0 aliphatic carbocycles. The molecule has 0 saturated heterocycles. The lowest BCUT2D eigenvalue weighted by Crippen LogP contribution is -2.30. The summed E-state index contributed by atoms with van der Waals surface area (Å²) in [4.78, 5) is 12.7. The van der Waals surface area contributed by atoms with Gasteiger partial charge < -0.3 is 5.32 Å². The van der Waals surface area contributed by atoms with Gasteiger partial charge in [-0.1, -0.05) is 26.0 Å². The third kappa shape index (κ3) is 5.25. The number of sulfonamides is 2. The zero-order chi connectivity index (χ0) is 22.5. The van der Waals surface area contributed by atoms with Crippen LogP contribution in [-0.2, 0) is 20.0 Å². The van der Waals surface area contributed by atoms with Crippen molar-refractivity contribution in [2.75, 3.05) is 20.1 Å². The summed E-state index contributed by atoms with van der Waals surface area (Å²) >= 11 is 0. The standard InChI is InChI=1S/C20H27N3O5S2/c1-5-23(6-2)30(27,28)19-13-7-16(8-14-19)15(3)22-20(24)17-9-11-18(12-10-17)29(25,26)21-4/h7-15,21H,5-6H2,1-4H3,(H,22,24)/t15-/m0/s1. The first-order valence-corrected chi connectivity index (χ1v) is 12.4. The van der Waals surface area contributed by atoms with E-state index in [1.807, 2.05) is 0 Å². The van der Waals surface area contributed by atoms with Crippen molar-refractivity contribution < 1.29 is 21.6 Å². The summed E-state index contributed by atoms with van der Waals surface area (Å²) in [6.07, 6.45) is 0. The highest BCUT2D eigenvalue weighted by molar-refractivity contribution is 7.89. The molecule has 0 heterocycles. The largest absolute Gasteiger partial charge is 0.346 e. The van der Waals surface area contributed by atoms with Gasteiger partial charge in [0.15, 0.2) is 0 Å². The molecule has 0 unspecified atom stereocenters. The SMILES string of the molecule is CCN(CC)S(=O)(=O)c1ccc([C@H](C)NC(=O)c2ccc(S(=O)(=O)NC)cc2)cc1. The van der Waals surface area contributed by atoms with E-state index in [1.54, 1.807) is 32.9 Å². The molecule has 30 heavy (non-hydrogen) atoms. The van der Waals surface area contributed by atoms with E-state index >= 15 is 0 Å². The first-order chi connectivity index (χ1) is 14.1. The maximum atomic E-state index is 12.6. The number of nitrogens with one attached hydrogen (secondary N) is 2. The van der Waals surface area contributed by atoms with Crippen molar-refractivity contribution in [3.8, 4) is 0 Å². The van der Waals surface area contributed by atoms with E-state index in [4.69, 9.17) is 0 Å². The molecule has 1 amide bonds. The van der Waals surface area contributed by atoms with Crippen LogP contribution in [0.3, 0.4) is 0 Å².